The molecule has 2 atom stereocenters. The molecular formula is C31H28F4N4O3. The van der Waals surface area contributed by atoms with Crippen LogP contribution in [0.25, 0.3) is 0 Å². The van der Waals surface area contributed by atoms with E-state index in [0.717, 1.165) is 29.3 Å². The SMILES string of the molecule is O=C1CCC(N2Cc3cc(CN4CCN(C(c5ccc(F)c(F)c5)c5cccc(F)c5F)CC4)ccc3C2=O)C(=O)N1. The van der Waals surface area contributed by atoms with E-state index in [0.29, 0.717) is 50.3 Å². The van der Waals surface area contributed by atoms with Crippen LogP contribution < -0.4 is 5.32 Å². The Morgan fingerprint density at radius 2 is 1.64 bits per heavy atom. The minimum absolute atomic E-state index is 0.0540. The average molecular weight is 581 g/mol. The fourth-order valence-corrected chi connectivity index (χ4v) is 6.17. The molecule has 0 aliphatic carbocycles. The Bertz CT molecular complexity index is 1570. The number of nitrogens with one attached hydrogen (secondary N) is 1. The van der Waals surface area contributed by atoms with Crippen molar-refractivity contribution in [1.29, 1.82) is 0 Å². The molecule has 11 heteroatoms. The number of imide groups is 1. The van der Waals surface area contributed by atoms with Gasteiger partial charge in [-0.3, -0.25) is 29.5 Å². The van der Waals surface area contributed by atoms with Crippen LogP contribution in [-0.4, -0.2) is 64.6 Å². The molecule has 3 heterocycles. The van der Waals surface area contributed by atoms with Crippen LogP contribution in [0.2, 0.25) is 0 Å². The molecule has 2 unspecified atom stereocenters. The molecule has 42 heavy (non-hydrogen) atoms. The zero-order valence-electron chi connectivity index (χ0n) is 22.6. The van der Waals surface area contributed by atoms with E-state index in [1.807, 2.05) is 17.0 Å². The topological polar surface area (TPSA) is 73.0 Å². The van der Waals surface area contributed by atoms with Crippen LogP contribution in [0.4, 0.5) is 17.6 Å². The Labute approximate surface area is 239 Å². The number of halogens is 4. The van der Waals surface area contributed by atoms with Crippen molar-refractivity contribution in [3.05, 3.63) is 106 Å². The van der Waals surface area contributed by atoms with E-state index >= 15 is 0 Å². The third-order valence-corrected chi connectivity index (χ3v) is 8.30. The zero-order valence-corrected chi connectivity index (χ0v) is 22.6. The van der Waals surface area contributed by atoms with Crippen molar-refractivity contribution < 1.29 is 31.9 Å². The van der Waals surface area contributed by atoms with Crippen LogP contribution in [0.3, 0.4) is 0 Å². The van der Waals surface area contributed by atoms with Crippen molar-refractivity contribution in [2.24, 2.45) is 0 Å². The number of nitrogens with zero attached hydrogens (tertiary/aromatic N) is 3. The summed E-state index contributed by atoms with van der Waals surface area (Å²) in [6, 6.07) is 11.4. The third kappa shape index (κ3) is 5.30. The predicted octanol–water partition coefficient (Wildman–Crippen LogP) is 3.91. The molecule has 2 saturated heterocycles. The van der Waals surface area contributed by atoms with E-state index < -0.39 is 41.3 Å². The van der Waals surface area contributed by atoms with Gasteiger partial charge in [-0.1, -0.05) is 30.3 Å². The highest BCUT2D eigenvalue weighted by Gasteiger charge is 2.39. The second kappa shape index (κ2) is 11.3. The van der Waals surface area contributed by atoms with Gasteiger partial charge in [0.1, 0.15) is 6.04 Å². The Kier molecular flexibility index (Phi) is 7.54. The Morgan fingerprint density at radius 1 is 0.857 bits per heavy atom. The van der Waals surface area contributed by atoms with Crippen molar-refractivity contribution in [3.8, 4) is 0 Å². The molecule has 3 aromatic carbocycles. The van der Waals surface area contributed by atoms with Crippen LogP contribution in [-0.2, 0) is 22.7 Å². The summed E-state index contributed by atoms with van der Waals surface area (Å²) in [5, 5.41) is 2.31. The van der Waals surface area contributed by atoms with Gasteiger partial charge in [0.05, 0.1) is 6.04 Å². The van der Waals surface area contributed by atoms with Crippen LogP contribution in [0, 0.1) is 23.3 Å². The molecule has 3 amide bonds. The van der Waals surface area contributed by atoms with Crippen molar-refractivity contribution in [2.75, 3.05) is 26.2 Å². The van der Waals surface area contributed by atoms with E-state index in [-0.39, 0.29) is 30.3 Å². The molecule has 0 spiro atoms. The van der Waals surface area contributed by atoms with E-state index in [1.54, 1.807) is 6.07 Å². The van der Waals surface area contributed by atoms with Crippen LogP contribution in [0.1, 0.15) is 51.5 Å². The summed E-state index contributed by atoms with van der Waals surface area (Å²) in [6.07, 6.45) is 0.489. The normalized spacial score (nSPS) is 20.5. The van der Waals surface area contributed by atoms with E-state index in [2.05, 4.69) is 10.2 Å². The Balaban J connectivity index is 1.15. The molecule has 218 valence electrons. The molecule has 0 bridgehead atoms. The quantitative estimate of drug-likeness (QED) is 0.354. The summed E-state index contributed by atoms with van der Waals surface area (Å²) >= 11 is 0. The lowest BCUT2D eigenvalue weighted by atomic mass is 9.95. The number of carbonyl (C=O) groups is 3. The molecule has 1 N–H and O–H groups in total. The molecule has 3 aromatic rings. The van der Waals surface area contributed by atoms with Gasteiger partial charge in [0.25, 0.3) is 5.91 Å². The van der Waals surface area contributed by atoms with Gasteiger partial charge in [0.15, 0.2) is 23.3 Å². The number of benzene rings is 3. The van der Waals surface area contributed by atoms with Crippen molar-refractivity contribution in [2.45, 2.75) is 38.0 Å². The van der Waals surface area contributed by atoms with Gasteiger partial charge in [-0.2, -0.15) is 0 Å². The lowest BCUT2D eigenvalue weighted by Gasteiger charge is -2.40. The lowest BCUT2D eigenvalue weighted by Crippen LogP contribution is -2.52. The standard InChI is InChI=1S/C31H28F4N4O3/c32-23-7-5-19(15-25(23)34)29(22-2-1-3-24(33)28(22)35)38-12-10-37(11-13-38)16-18-4-6-21-20(14-18)17-39(31(21)42)26-8-9-27(40)36-30(26)41/h1-7,14-15,26,29H,8-13,16-17H2,(H,36,40,41). The van der Waals surface area contributed by atoms with Gasteiger partial charge in [-0.15, -0.1) is 0 Å². The van der Waals surface area contributed by atoms with Gasteiger partial charge in [-0.05, 0) is 47.4 Å². The summed E-state index contributed by atoms with van der Waals surface area (Å²) in [5.74, 6) is -5.12. The number of piperidine rings is 1. The largest absolute Gasteiger partial charge is 0.322 e. The van der Waals surface area contributed by atoms with Crippen molar-refractivity contribution >= 4 is 17.7 Å². The maximum atomic E-state index is 14.9. The maximum Gasteiger partial charge on any atom is 0.255 e. The fourth-order valence-electron chi connectivity index (χ4n) is 6.17. The van der Waals surface area contributed by atoms with Crippen LogP contribution in [0.15, 0.2) is 54.6 Å². The molecule has 2 fully saturated rings. The molecule has 0 radical (unpaired) electrons. The zero-order chi connectivity index (χ0) is 29.5. The highest BCUT2D eigenvalue weighted by molar-refractivity contribution is 6.05. The van der Waals surface area contributed by atoms with Gasteiger partial charge >= 0.3 is 0 Å². The van der Waals surface area contributed by atoms with Crippen molar-refractivity contribution in [1.82, 2.24) is 20.0 Å². The monoisotopic (exact) mass is 580 g/mol. The molecule has 0 aromatic heterocycles. The minimum atomic E-state index is -1.06. The van der Waals surface area contributed by atoms with E-state index in [4.69, 9.17) is 0 Å². The van der Waals surface area contributed by atoms with Gasteiger partial charge in [-0.25, -0.2) is 17.6 Å². The molecule has 7 nitrogen and oxygen atoms in total. The van der Waals surface area contributed by atoms with Gasteiger partial charge < -0.3 is 4.90 Å². The first-order valence-corrected chi connectivity index (χ1v) is 13.8. The van der Waals surface area contributed by atoms with Crippen molar-refractivity contribution in [3.63, 3.8) is 0 Å². The number of piperazine rings is 1. The van der Waals surface area contributed by atoms with E-state index in [9.17, 15) is 31.9 Å². The molecule has 3 aliphatic heterocycles. The van der Waals surface area contributed by atoms with Gasteiger partial charge in [0, 0.05) is 56.8 Å². The second-order valence-electron chi connectivity index (χ2n) is 10.9. The molecule has 0 saturated carbocycles. The lowest BCUT2D eigenvalue weighted by molar-refractivity contribution is -0.136. The van der Waals surface area contributed by atoms with Crippen LogP contribution in [0.5, 0.6) is 0 Å². The number of carbonyl (C=O) groups excluding carboxylic acids is 3. The average Bonchev–Trinajstić information content (AvgIpc) is 3.29. The third-order valence-electron chi connectivity index (χ3n) is 8.30. The summed E-state index contributed by atoms with van der Waals surface area (Å²) in [6.45, 7) is 2.96. The minimum Gasteiger partial charge on any atom is -0.322 e. The smallest absolute Gasteiger partial charge is 0.255 e. The number of fused-ring (bicyclic) bond motifs is 1. The van der Waals surface area contributed by atoms with Gasteiger partial charge in [0.2, 0.25) is 11.8 Å². The number of amides is 3. The maximum absolute atomic E-state index is 14.9. The fraction of sp³-hybridized carbons (Fsp3) is 0.323. The predicted molar refractivity (Wildman–Crippen MR) is 144 cm³/mol. The first-order chi connectivity index (χ1) is 20.2. The molecule has 3 aliphatic rings. The number of hydrogen-bond donors (Lipinski definition) is 1. The Morgan fingerprint density at radius 3 is 2.38 bits per heavy atom. The van der Waals surface area contributed by atoms with Crippen LogP contribution >= 0.6 is 0 Å². The highest BCUT2D eigenvalue weighted by atomic mass is 19.2. The summed E-state index contributed by atoms with van der Waals surface area (Å²) in [7, 11) is 0. The first kappa shape index (κ1) is 28.0. The summed E-state index contributed by atoms with van der Waals surface area (Å²) in [4.78, 5) is 42.5. The highest BCUT2D eigenvalue weighted by Crippen LogP contribution is 2.34. The second-order valence-corrected chi connectivity index (χ2v) is 10.9. The Hall–Kier alpha value is -4.09. The molecular weight excluding hydrogens is 552 g/mol. The van der Waals surface area contributed by atoms with E-state index in [1.165, 1.54) is 23.1 Å². The molecule has 6 rings (SSSR count). The summed E-state index contributed by atoms with van der Waals surface area (Å²) in [5.41, 5.74) is 2.73. The number of rotatable bonds is 6. The number of hydrogen-bond acceptors (Lipinski definition) is 5. The first-order valence-electron chi connectivity index (χ1n) is 13.8. The summed E-state index contributed by atoms with van der Waals surface area (Å²) < 4.78 is 56.9.